The quantitative estimate of drug-likeness (QED) is 0.905. The lowest BCUT2D eigenvalue weighted by atomic mass is 10.1. The molecule has 1 heterocycles. The predicted octanol–water partition coefficient (Wildman–Crippen LogP) is 3.54. The summed E-state index contributed by atoms with van der Waals surface area (Å²) in [5.41, 5.74) is 3.15. The molecule has 0 radical (unpaired) electrons. The van der Waals surface area contributed by atoms with Crippen LogP contribution < -0.4 is 5.32 Å². The first kappa shape index (κ1) is 12.1. The van der Waals surface area contributed by atoms with E-state index in [1.54, 1.807) is 0 Å². The Morgan fingerprint density at radius 1 is 1.12 bits per heavy atom. The summed E-state index contributed by atoms with van der Waals surface area (Å²) in [6.07, 6.45) is 0. The van der Waals surface area contributed by atoms with Gasteiger partial charge in [0.2, 0.25) is 5.28 Å². The van der Waals surface area contributed by atoms with Gasteiger partial charge in [0, 0.05) is 5.69 Å². The van der Waals surface area contributed by atoms with Crippen LogP contribution in [-0.2, 0) is 0 Å². The number of rotatable bonds is 2. The Bertz CT molecular complexity index is 508. The molecule has 2 aromatic rings. The van der Waals surface area contributed by atoms with Crippen LogP contribution in [0.3, 0.4) is 0 Å². The van der Waals surface area contributed by atoms with E-state index in [4.69, 9.17) is 23.2 Å². The SMILES string of the molecule is Cc1ccc(C)c(Nc2nc(Cl)nnc2Cl)c1. The van der Waals surface area contributed by atoms with E-state index in [-0.39, 0.29) is 10.4 Å². The molecule has 0 unspecified atom stereocenters. The Morgan fingerprint density at radius 3 is 2.65 bits per heavy atom. The van der Waals surface area contributed by atoms with Gasteiger partial charge in [-0.05, 0) is 42.6 Å². The van der Waals surface area contributed by atoms with Gasteiger partial charge < -0.3 is 5.32 Å². The number of hydrogen-bond acceptors (Lipinski definition) is 4. The average molecular weight is 269 g/mol. The van der Waals surface area contributed by atoms with Crippen LogP contribution in [0.5, 0.6) is 0 Å². The molecule has 0 bridgehead atoms. The molecule has 0 amide bonds. The lowest BCUT2D eigenvalue weighted by Crippen LogP contribution is -2.00. The van der Waals surface area contributed by atoms with E-state index < -0.39 is 0 Å². The first-order valence-electron chi connectivity index (χ1n) is 4.96. The van der Waals surface area contributed by atoms with Crippen molar-refractivity contribution in [1.29, 1.82) is 0 Å². The Balaban J connectivity index is 2.37. The molecule has 1 N–H and O–H groups in total. The van der Waals surface area contributed by atoms with Crippen LogP contribution in [0.4, 0.5) is 11.5 Å². The first-order chi connectivity index (χ1) is 8.06. The number of aryl methyl sites for hydroxylation is 2. The van der Waals surface area contributed by atoms with Gasteiger partial charge in [-0.2, -0.15) is 4.98 Å². The van der Waals surface area contributed by atoms with Crippen molar-refractivity contribution < 1.29 is 0 Å². The van der Waals surface area contributed by atoms with Gasteiger partial charge in [-0.1, -0.05) is 23.7 Å². The third kappa shape index (κ3) is 2.84. The second-order valence-electron chi connectivity index (χ2n) is 3.66. The fourth-order valence-electron chi connectivity index (χ4n) is 1.37. The van der Waals surface area contributed by atoms with Crippen LogP contribution >= 0.6 is 23.2 Å². The Morgan fingerprint density at radius 2 is 1.88 bits per heavy atom. The second-order valence-corrected chi connectivity index (χ2v) is 4.36. The molecule has 0 aliphatic heterocycles. The zero-order valence-corrected chi connectivity index (χ0v) is 10.8. The van der Waals surface area contributed by atoms with Crippen LogP contribution in [0.15, 0.2) is 18.2 Å². The highest BCUT2D eigenvalue weighted by atomic mass is 35.5. The number of hydrogen-bond donors (Lipinski definition) is 1. The Labute approximate surface area is 109 Å². The third-order valence-electron chi connectivity index (χ3n) is 2.27. The van der Waals surface area contributed by atoms with Crippen LogP contribution in [0.1, 0.15) is 11.1 Å². The summed E-state index contributed by atoms with van der Waals surface area (Å²) >= 11 is 11.6. The van der Waals surface area contributed by atoms with E-state index in [1.807, 2.05) is 32.0 Å². The molecule has 0 atom stereocenters. The van der Waals surface area contributed by atoms with Crippen molar-refractivity contribution in [2.45, 2.75) is 13.8 Å². The summed E-state index contributed by atoms with van der Waals surface area (Å²) in [5, 5.41) is 10.6. The van der Waals surface area contributed by atoms with Gasteiger partial charge in [0.1, 0.15) is 0 Å². The van der Waals surface area contributed by atoms with E-state index in [2.05, 4.69) is 20.5 Å². The maximum absolute atomic E-state index is 5.88. The summed E-state index contributed by atoms with van der Waals surface area (Å²) in [4.78, 5) is 3.99. The lowest BCUT2D eigenvalue weighted by molar-refractivity contribution is 0.974. The molecule has 1 aromatic heterocycles. The van der Waals surface area contributed by atoms with E-state index in [1.165, 1.54) is 0 Å². The second kappa shape index (κ2) is 4.85. The first-order valence-corrected chi connectivity index (χ1v) is 5.72. The van der Waals surface area contributed by atoms with Crippen molar-refractivity contribution in [3.8, 4) is 0 Å². The van der Waals surface area contributed by atoms with Crippen LogP contribution in [0.2, 0.25) is 10.4 Å². The maximum Gasteiger partial charge on any atom is 0.245 e. The zero-order chi connectivity index (χ0) is 12.4. The highest BCUT2D eigenvalue weighted by molar-refractivity contribution is 6.32. The molecule has 0 aliphatic rings. The average Bonchev–Trinajstić information content (AvgIpc) is 2.28. The Hall–Kier alpha value is -1.39. The predicted molar refractivity (Wildman–Crippen MR) is 69.0 cm³/mol. The standard InChI is InChI=1S/C11H10Cl2N4/c1-6-3-4-7(2)8(5-6)14-10-9(12)16-17-11(13)15-10/h3-5H,1-2H3,(H,14,15,17). The number of nitrogens with one attached hydrogen (secondary N) is 1. The van der Waals surface area contributed by atoms with E-state index in [0.29, 0.717) is 5.82 Å². The molecule has 0 saturated carbocycles. The number of anilines is 2. The molecule has 4 nitrogen and oxygen atoms in total. The monoisotopic (exact) mass is 268 g/mol. The summed E-state index contributed by atoms with van der Waals surface area (Å²) in [5.74, 6) is 0.403. The van der Waals surface area contributed by atoms with E-state index in [9.17, 15) is 0 Å². The zero-order valence-electron chi connectivity index (χ0n) is 9.33. The van der Waals surface area contributed by atoms with Crippen LogP contribution in [0.25, 0.3) is 0 Å². The minimum atomic E-state index is 0.0576. The molecule has 2 rings (SSSR count). The van der Waals surface area contributed by atoms with Gasteiger partial charge >= 0.3 is 0 Å². The Kier molecular flexibility index (Phi) is 3.45. The van der Waals surface area contributed by atoms with Gasteiger partial charge in [-0.15, -0.1) is 10.2 Å². The molecule has 0 saturated heterocycles. The number of halogens is 2. The van der Waals surface area contributed by atoms with Crippen molar-refractivity contribution in [3.63, 3.8) is 0 Å². The summed E-state index contributed by atoms with van der Waals surface area (Å²) in [6.45, 7) is 4.00. The van der Waals surface area contributed by atoms with E-state index in [0.717, 1.165) is 16.8 Å². The lowest BCUT2D eigenvalue weighted by Gasteiger charge is -2.10. The molecular formula is C11H10Cl2N4. The summed E-state index contributed by atoms with van der Waals surface area (Å²) in [7, 11) is 0. The van der Waals surface area contributed by atoms with Crippen LogP contribution in [-0.4, -0.2) is 15.2 Å². The molecule has 0 fully saturated rings. The van der Waals surface area contributed by atoms with Gasteiger partial charge in [-0.25, -0.2) is 0 Å². The van der Waals surface area contributed by atoms with Crippen LogP contribution in [0, 0.1) is 13.8 Å². The normalized spacial score (nSPS) is 10.4. The molecule has 0 aliphatic carbocycles. The van der Waals surface area contributed by atoms with Crippen molar-refractivity contribution in [1.82, 2.24) is 15.2 Å². The molecule has 88 valence electrons. The molecule has 1 aromatic carbocycles. The minimum absolute atomic E-state index is 0.0576. The van der Waals surface area contributed by atoms with Crippen molar-refractivity contribution in [2.75, 3.05) is 5.32 Å². The highest BCUT2D eigenvalue weighted by Gasteiger charge is 2.07. The fourth-order valence-corrected chi connectivity index (χ4v) is 1.62. The molecular weight excluding hydrogens is 259 g/mol. The number of benzene rings is 1. The van der Waals surface area contributed by atoms with Crippen molar-refractivity contribution in [2.24, 2.45) is 0 Å². The largest absolute Gasteiger partial charge is 0.337 e. The number of nitrogens with zero attached hydrogens (tertiary/aromatic N) is 3. The maximum atomic E-state index is 5.88. The number of aromatic nitrogens is 3. The molecule has 0 spiro atoms. The van der Waals surface area contributed by atoms with Crippen molar-refractivity contribution in [3.05, 3.63) is 39.8 Å². The highest BCUT2D eigenvalue weighted by Crippen LogP contribution is 2.24. The topological polar surface area (TPSA) is 50.7 Å². The van der Waals surface area contributed by atoms with Gasteiger partial charge in [0.15, 0.2) is 11.0 Å². The fraction of sp³-hybridized carbons (Fsp3) is 0.182. The summed E-state index contributed by atoms with van der Waals surface area (Å²) < 4.78 is 0. The third-order valence-corrected chi connectivity index (χ3v) is 2.68. The summed E-state index contributed by atoms with van der Waals surface area (Å²) in [6, 6.07) is 6.05. The van der Waals surface area contributed by atoms with Gasteiger partial charge in [0.25, 0.3) is 0 Å². The minimum Gasteiger partial charge on any atom is -0.337 e. The molecule has 17 heavy (non-hydrogen) atoms. The van der Waals surface area contributed by atoms with E-state index >= 15 is 0 Å². The van der Waals surface area contributed by atoms with Gasteiger partial charge in [-0.3, -0.25) is 0 Å². The smallest absolute Gasteiger partial charge is 0.245 e. The van der Waals surface area contributed by atoms with Crippen molar-refractivity contribution >= 4 is 34.7 Å². The molecule has 6 heteroatoms. The van der Waals surface area contributed by atoms with Gasteiger partial charge in [0.05, 0.1) is 0 Å².